The van der Waals surface area contributed by atoms with E-state index in [1.54, 1.807) is 0 Å². The van der Waals surface area contributed by atoms with Gasteiger partial charge < -0.3 is 9.64 Å². The van der Waals surface area contributed by atoms with E-state index in [0.717, 1.165) is 59.8 Å². The van der Waals surface area contributed by atoms with Crippen LogP contribution in [0.5, 0.6) is 0 Å². The van der Waals surface area contributed by atoms with Gasteiger partial charge in [0.25, 0.3) is 0 Å². The Morgan fingerprint density at radius 2 is 1.86 bits per heavy atom. The lowest BCUT2D eigenvalue weighted by Gasteiger charge is -2.27. The summed E-state index contributed by atoms with van der Waals surface area (Å²) in [4.78, 5) is 24.0. The summed E-state index contributed by atoms with van der Waals surface area (Å²) in [5.74, 6) is 1.42. The number of fused-ring (bicyclic) bond motifs is 1. The second-order valence-electron chi connectivity index (χ2n) is 7.63. The van der Waals surface area contributed by atoms with E-state index < -0.39 is 0 Å². The van der Waals surface area contributed by atoms with Crippen molar-refractivity contribution in [2.24, 2.45) is 5.92 Å². The van der Waals surface area contributed by atoms with Gasteiger partial charge in [-0.2, -0.15) is 0 Å². The summed E-state index contributed by atoms with van der Waals surface area (Å²) < 4.78 is 5.42. The van der Waals surface area contributed by atoms with Crippen LogP contribution in [-0.4, -0.2) is 42.1 Å². The summed E-state index contributed by atoms with van der Waals surface area (Å²) in [5.41, 5.74) is 4.56. The zero-order valence-electron chi connectivity index (χ0n) is 16.4. The molecule has 4 rings (SSSR count). The number of ketones is 1. The number of rotatable bonds is 5. The van der Waals surface area contributed by atoms with Gasteiger partial charge in [0.05, 0.1) is 30.4 Å². The molecule has 2 heterocycles. The van der Waals surface area contributed by atoms with Crippen molar-refractivity contribution in [2.45, 2.75) is 20.3 Å². The number of anilines is 1. The minimum absolute atomic E-state index is 0.187. The van der Waals surface area contributed by atoms with Crippen LogP contribution in [0.2, 0.25) is 0 Å². The maximum absolute atomic E-state index is 12.4. The van der Waals surface area contributed by atoms with Crippen molar-refractivity contribution in [3.63, 3.8) is 0 Å². The lowest BCUT2D eigenvalue weighted by Crippen LogP contribution is -2.36. The van der Waals surface area contributed by atoms with E-state index in [2.05, 4.69) is 29.8 Å². The van der Waals surface area contributed by atoms with Crippen LogP contribution in [0.3, 0.4) is 0 Å². The molecule has 1 aliphatic rings. The van der Waals surface area contributed by atoms with E-state index in [4.69, 9.17) is 9.72 Å². The summed E-state index contributed by atoms with van der Waals surface area (Å²) in [7, 11) is 0. The molecule has 0 bridgehead atoms. The Bertz CT molecular complexity index is 994. The molecular weight excluding hydrogens is 350 g/mol. The van der Waals surface area contributed by atoms with Gasteiger partial charge in [0.2, 0.25) is 0 Å². The largest absolute Gasteiger partial charge is 0.378 e. The van der Waals surface area contributed by atoms with Crippen LogP contribution in [0.15, 0.2) is 48.7 Å². The number of carbonyl (C=O) groups is 1. The first-order valence-corrected chi connectivity index (χ1v) is 9.83. The predicted molar refractivity (Wildman–Crippen MR) is 112 cm³/mol. The highest BCUT2D eigenvalue weighted by Gasteiger charge is 2.14. The third kappa shape index (κ3) is 4.04. The Labute approximate surface area is 165 Å². The van der Waals surface area contributed by atoms with Gasteiger partial charge in [-0.3, -0.25) is 9.78 Å². The highest BCUT2D eigenvalue weighted by molar-refractivity contribution is 5.97. The van der Waals surface area contributed by atoms with Gasteiger partial charge in [-0.1, -0.05) is 38.1 Å². The summed E-state index contributed by atoms with van der Waals surface area (Å²) in [6.07, 6.45) is 2.40. The molecule has 0 N–H and O–H groups in total. The topological polar surface area (TPSA) is 55.3 Å². The zero-order chi connectivity index (χ0) is 19.5. The van der Waals surface area contributed by atoms with Gasteiger partial charge in [0.15, 0.2) is 5.78 Å². The molecule has 2 aromatic carbocycles. The molecule has 0 saturated carbocycles. The lowest BCUT2D eigenvalue weighted by atomic mass is 9.97. The molecule has 5 nitrogen and oxygen atoms in total. The van der Waals surface area contributed by atoms with Crippen LogP contribution in [0.1, 0.15) is 30.6 Å². The Morgan fingerprint density at radius 3 is 2.64 bits per heavy atom. The Kier molecular flexibility index (Phi) is 5.35. The molecule has 1 aliphatic heterocycles. The van der Waals surface area contributed by atoms with Crippen molar-refractivity contribution >= 4 is 22.6 Å². The second kappa shape index (κ2) is 8.07. The number of Topliss-reactive ketones (excluding diaryl/α,β-unsaturated/α-hetero) is 1. The molecule has 1 fully saturated rings. The summed E-state index contributed by atoms with van der Waals surface area (Å²) in [6.45, 7) is 7.24. The summed E-state index contributed by atoms with van der Waals surface area (Å²) in [5, 5.41) is 0. The first kappa shape index (κ1) is 18.6. The Morgan fingerprint density at radius 1 is 1.07 bits per heavy atom. The number of morpholine rings is 1. The van der Waals surface area contributed by atoms with Crippen LogP contribution in [-0.2, 0) is 4.74 Å². The van der Waals surface area contributed by atoms with Crippen molar-refractivity contribution in [1.29, 1.82) is 0 Å². The molecule has 0 unspecified atom stereocenters. The van der Waals surface area contributed by atoms with Crippen molar-refractivity contribution < 1.29 is 9.53 Å². The van der Waals surface area contributed by atoms with Crippen molar-refractivity contribution in [3.05, 3.63) is 54.2 Å². The molecule has 1 saturated heterocycles. The standard InChI is InChI=1S/C23H25N3O2/c1-16(2)12-22(27)19-5-3-4-17(13-19)18-6-7-20-21(14-18)25-23(15-24-20)26-8-10-28-11-9-26/h3-7,13-16H,8-12H2,1-2H3. The molecule has 5 heteroatoms. The van der Waals surface area contributed by atoms with E-state index in [0.29, 0.717) is 12.3 Å². The quantitative estimate of drug-likeness (QED) is 0.620. The van der Waals surface area contributed by atoms with Gasteiger partial charge in [-0.05, 0) is 35.2 Å². The predicted octanol–water partition coefficient (Wildman–Crippen LogP) is 4.36. The monoisotopic (exact) mass is 375 g/mol. The van der Waals surface area contributed by atoms with Gasteiger partial charge >= 0.3 is 0 Å². The highest BCUT2D eigenvalue weighted by atomic mass is 16.5. The fraction of sp³-hybridized carbons (Fsp3) is 0.348. The highest BCUT2D eigenvalue weighted by Crippen LogP contribution is 2.26. The molecular formula is C23H25N3O2. The zero-order valence-corrected chi connectivity index (χ0v) is 16.4. The van der Waals surface area contributed by atoms with Gasteiger partial charge in [-0.15, -0.1) is 0 Å². The van der Waals surface area contributed by atoms with Crippen molar-refractivity contribution in [1.82, 2.24) is 9.97 Å². The van der Waals surface area contributed by atoms with E-state index >= 15 is 0 Å². The number of carbonyl (C=O) groups excluding carboxylic acids is 1. The molecule has 28 heavy (non-hydrogen) atoms. The molecule has 0 amide bonds. The molecule has 3 aromatic rings. The maximum Gasteiger partial charge on any atom is 0.163 e. The molecule has 0 aliphatic carbocycles. The third-order valence-corrected chi connectivity index (χ3v) is 4.98. The lowest BCUT2D eigenvalue weighted by molar-refractivity contribution is 0.0968. The molecule has 1 aromatic heterocycles. The van der Waals surface area contributed by atoms with Gasteiger partial charge in [-0.25, -0.2) is 4.98 Å². The van der Waals surface area contributed by atoms with E-state index in [1.807, 2.05) is 42.6 Å². The van der Waals surface area contributed by atoms with Crippen LogP contribution in [0, 0.1) is 5.92 Å². The number of aromatic nitrogens is 2. The molecule has 0 atom stereocenters. The van der Waals surface area contributed by atoms with Crippen LogP contribution in [0.4, 0.5) is 5.82 Å². The Balaban J connectivity index is 1.66. The fourth-order valence-corrected chi connectivity index (χ4v) is 3.49. The molecule has 0 radical (unpaired) electrons. The second-order valence-corrected chi connectivity index (χ2v) is 7.63. The number of benzene rings is 2. The van der Waals surface area contributed by atoms with Gasteiger partial charge in [0.1, 0.15) is 5.82 Å². The number of hydrogen-bond donors (Lipinski definition) is 0. The first-order chi connectivity index (χ1) is 13.6. The van der Waals surface area contributed by atoms with E-state index in [9.17, 15) is 4.79 Å². The third-order valence-electron chi connectivity index (χ3n) is 4.98. The van der Waals surface area contributed by atoms with E-state index in [-0.39, 0.29) is 5.78 Å². The number of nitrogens with zero attached hydrogens (tertiary/aromatic N) is 3. The first-order valence-electron chi connectivity index (χ1n) is 9.83. The molecule has 144 valence electrons. The average molecular weight is 375 g/mol. The number of ether oxygens (including phenoxy) is 1. The minimum Gasteiger partial charge on any atom is -0.378 e. The normalized spacial score (nSPS) is 14.6. The van der Waals surface area contributed by atoms with Crippen molar-refractivity contribution in [2.75, 3.05) is 31.2 Å². The maximum atomic E-state index is 12.4. The number of hydrogen-bond acceptors (Lipinski definition) is 5. The SMILES string of the molecule is CC(C)CC(=O)c1cccc(-c2ccc3ncc(N4CCOCC4)nc3c2)c1. The fourth-order valence-electron chi connectivity index (χ4n) is 3.49. The van der Waals surface area contributed by atoms with Crippen LogP contribution in [0.25, 0.3) is 22.2 Å². The summed E-state index contributed by atoms with van der Waals surface area (Å²) >= 11 is 0. The molecule has 0 spiro atoms. The minimum atomic E-state index is 0.187. The summed E-state index contributed by atoms with van der Waals surface area (Å²) in [6, 6.07) is 13.9. The van der Waals surface area contributed by atoms with Crippen molar-refractivity contribution in [3.8, 4) is 11.1 Å². The smallest absolute Gasteiger partial charge is 0.163 e. The van der Waals surface area contributed by atoms with Crippen LogP contribution < -0.4 is 4.90 Å². The van der Waals surface area contributed by atoms with Crippen LogP contribution >= 0.6 is 0 Å². The van der Waals surface area contributed by atoms with E-state index in [1.165, 1.54) is 0 Å². The Hall–Kier alpha value is -2.79. The van der Waals surface area contributed by atoms with Gasteiger partial charge in [0, 0.05) is 25.1 Å². The average Bonchev–Trinajstić information content (AvgIpc) is 2.73.